The number of aromatic nitrogens is 2. The molecule has 0 spiro atoms. The smallest absolute Gasteiger partial charge is 0.257 e. The summed E-state index contributed by atoms with van der Waals surface area (Å²) in [6, 6.07) is 6.12. The normalized spacial score (nSPS) is 14.9. The summed E-state index contributed by atoms with van der Waals surface area (Å²) in [5, 5.41) is 7.78. The van der Waals surface area contributed by atoms with Crippen LogP contribution in [0.3, 0.4) is 0 Å². The van der Waals surface area contributed by atoms with E-state index in [9.17, 15) is 9.18 Å². The monoisotopic (exact) mass is 352 g/mol. The predicted octanol–water partition coefficient (Wildman–Crippen LogP) is 2.49. The first-order valence-corrected chi connectivity index (χ1v) is 7.90. The molecule has 24 heavy (non-hydrogen) atoms. The number of carbonyl (C=O) groups excluding carboxylic acids is 1. The Bertz CT molecular complexity index is 706. The van der Waals surface area contributed by atoms with Gasteiger partial charge < -0.3 is 10.2 Å². The van der Waals surface area contributed by atoms with Crippen molar-refractivity contribution in [2.75, 3.05) is 26.2 Å². The Labute approximate surface area is 147 Å². The minimum absolute atomic E-state index is 0. The highest BCUT2D eigenvalue weighted by Crippen LogP contribution is 2.20. The van der Waals surface area contributed by atoms with Gasteiger partial charge in [0.15, 0.2) is 0 Å². The molecule has 130 valence electrons. The van der Waals surface area contributed by atoms with Crippen LogP contribution in [0.25, 0.3) is 5.69 Å². The molecule has 2 heterocycles. The minimum Gasteiger partial charge on any atom is -0.337 e. The molecule has 1 aromatic heterocycles. The Morgan fingerprint density at radius 2 is 1.88 bits per heavy atom. The van der Waals surface area contributed by atoms with Gasteiger partial charge in [0.2, 0.25) is 0 Å². The number of aryl methyl sites for hydroxylation is 1. The number of hydrogen-bond acceptors (Lipinski definition) is 3. The number of benzene rings is 1. The van der Waals surface area contributed by atoms with Gasteiger partial charge in [0, 0.05) is 19.6 Å². The van der Waals surface area contributed by atoms with E-state index in [0.29, 0.717) is 17.8 Å². The second-order valence-corrected chi connectivity index (χ2v) is 5.83. The fourth-order valence-electron chi connectivity index (χ4n) is 2.99. The van der Waals surface area contributed by atoms with Crippen LogP contribution < -0.4 is 5.32 Å². The summed E-state index contributed by atoms with van der Waals surface area (Å²) >= 11 is 0. The largest absolute Gasteiger partial charge is 0.337 e. The number of nitrogens with one attached hydrogen (secondary N) is 1. The highest BCUT2D eigenvalue weighted by Gasteiger charge is 2.24. The lowest BCUT2D eigenvalue weighted by Gasteiger charge is -2.20. The summed E-state index contributed by atoms with van der Waals surface area (Å²) in [5.74, 6) is -0.263. The van der Waals surface area contributed by atoms with Crippen LogP contribution in [0.15, 0.2) is 24.3 Å². The lowest BCUT2D eigenvalue weighted by Crippen LogP contribution is -2.34. The zero-order chi connectivity index (χ0) is 16.4. The first-order chi connectivity index (χ1) is 11.1. The van der Waals surface area contributed by atoms with Gasteiger partial charge in [-0.05, 0) is 51.1 Å². The lowest BCUT2D eigenvalue weighted by molar-refractivity contribution is 0.0765. The first-order valence-electron chi connectivity index (χ1n) is 7.90. The maximum Gasteiger partial charge on any atom is 0.257 e. The van der Waals surface area contributed by atoms with E-state index in [1.165, 1.54) is 12.1 Å². The van der Waals surface area contributed by atoms with Crippen LogP contribution in [0.2, 0.25) is 0 Å². The SMILES string of the molecule is Cc1nn(-c2ccc(F)cc2)c(C)c1C(=O)N1CCCNCC1.Cl. The number of hydrogen-bond donors (Lipinski definition) is 1. The zero-order valence-electron chi connectivity index (χ0n) is 13.9. The van der Waals surface area contributed by atoms with E-state index in [0.717, 1.165) is 37.4 Å². The first kappa shape index (κ1) is 18.4. The minimum atomic E-state index is -0.288. The summed E-state index contributed by atoms with van der Waals surface area (Å²) in [6.07, 6.45) is 0.954. The molecule has 1 saturated heterocycles. The molecule has 3 rings (SSSR count). The molecule has 2 aromatic rings. The van der Waals surface area contributed by atoms with Crippen molar-refractivity contribution in [3.63, 3.8) is 0 Å². The third kappa shape index (κ3) is 3.60. The van der Waals surface area contributed by atoms with Crippen molar-refractivity contribution in [2.45, 2.75) is 20.3 Å². The third-order valence-electron chi connectivity index (χ3n) is 4.20. The topological polar surface area (TPSA) is 50.2 Å². The Morgan fingerprint density at radius 3 is 2.58 bits per heavy atom. The van der Waals surface area contributed by atoms with Gasteiger partial charge in [-0.25, -0.2) is 9.07 Å². The Morgan fingerprint density at radius 1 is 1.17 bits per heavy atom. The average molecular weight is 353 g/mol. The van der Waals surface area contributed by atoms with Crippen LogP contribution in [-0.2, 0) is 0 Å². The van der Waals surface area contributed by atoms with Crippen LogP contribution in [0, 0.1) is 19.7 Å². The van der Waals surface area contributed by atoms with Gasteiger partial charge in [0.25, 0.3) is 5.91 Å². The molecule has 1 N–H and O–H groups in total. The van der Waals surface area contributed by atoms with Gasteiger partial charge in [0.1, 0.15) is 5.82 Å². The molecule has 1 aromatic carbocycles. The summed E-state index contributed by atoms with van der Waals surface area (Å²) in [7, 11) is 0. The Balaban J connectivity index is 0.00000208. The Hall–Kier alpha value is -1.92. The van der Waals surface area contributed by atoms with Gasteiger partial charge in [-0.1, -0.05) is 0 Å². The molecule has 0 unspecified atom stereocenters. The van der Waals surface area contributed by atoms with Crippen molar-refractivity contribution in [3.05, 3.63) is 47.0 Å². The van der Waals surface area contributed by atoms with E-state index in [1.807, 2.05) is 18.7 Å². The molecule has 0 radical (unpaired) electrons. The van der Waals surface area contributed by atoms with Gasteiger partial charge >= 0.3 is 0 Å². The quantitative estimate of drug-likeness (QED) is 0.903. The van der Waals surface area contributed by atoms with E-state index < -0.39 is 0 Å². The summed E-state index contributed by atoms with van der Waals surface area (Å²) < 4.78 is 14.8. The van der Waals surface area contributed by atoms with Crippen LogP contribution >= 0.6 is 12.4 Å². The summed E-state index contributed by atoms with van der Waals surface area (Å²) in [4.78, 5) is 14.8. The summed E-state index contributed by atoms with van der Waals surface area (Å²) in [5.41, 5.74) is 2.89. The van der Waals surface area contributed by atoms with Crippen LogP contribution in [0.4, 0.5) is 4.39 Å². The molecule has 7 heteroatoms. The van der Waals surface area contributed by atoms with Crippen molar-refractivity contribution in [1.82, 2.24) is 20.0 Å². The number of carbonyl (C=O) groups is 1. The average Bonchev–Trinajstić information content (AvgIpc) is 2.73. The molecule has 0 aliphatic carbocycles. The van der Waals surface area contributed by atoms with E-state index in [-0.39, 0.29) is 24.1 Å². The van der Waals surface area contributed by atoms with Crippen LogP contribution in [0.1, 0.15) is 28.2 Å². The molecule has 5 nitrogen and oxygen atoms in total. The second-order valence-electron chi connectivity index (χ2n) is 5.83. The standard InChI is InChI=1S/C17H21FN4O.ClH/c1-12-16(17(23)21-10-3-8-19-9-11-21)13(2)22(20-12)15-6-4-14(18)5-7-15;/h4-7,19H,3,8-11H2,1-2H3;1H. The van der Waals surface area contributed by atoms with Gasteiger partial charge in [-0.2, -0.15) is 5.10 Å². The summed E-state index contributed by atoms with van der Waals surface area (Å²) in [6.45, 7) is 6.95. The van der Waals surface area contributed by atoms with E-state index in [1.54, 1.807) is 16.8 Å². The molecule has 1 amide bonds. The number of halogens is 2. The van der Waals surface area contributed by atoms with Gasteiger partial charge in [-0.15, -0.1) is 12.4 Å². The van der Waals surface area contributed by atoms with E-state index in [2.05, 4.69) is 10.4 Å². The fraction of sp³-hybridized carbons (Fsp3) is 0.412. The van der Waals surface area contributed by atoms with Gasteiger partial charge in [0.05, 0.1) is 22.6 Å². The van der Waals surface area contributed by atoms with Crippen molar-refractivity contribution < 1.29 is 9.18 Å². The molecule has 1 fully saturated rings. The predicted molar refractivity (Wildman–Crippen MR) is 93.6 cm³/mol. The van der Waals surface area contributed by atoms with E-state index >= 15 is 0 Å². The molecule has 1 aliphatic heterocycles. The zero-order valence-corrected chi connectivity index (χ0v) is 14.7. The number of rotatable bonds is 2. The highest BCUT2D eigenvalue weighted by atomic mass is 35.5. The van der Waals surface area contributed by atoms with Crippen LogP contribution in [-0.4, -0.2) is 46.8 Å². The van der Waals surface area contributed by atoms with E-state index in [4.69, 9.17) is 0 Å². The highest BCUT2D eigenvalue weighted by molar-refractivity contribution is 5.96. The van der Waals surface area contributed by atoms with Crippen molar-refractivity contribution >= 4 is 18.3 Å². The lowest BCUT2D eigenvalue weighted by atomic mass is 10.1. The molecular weight excluding hydrogens is 331 g/mol. The second kappa shape index (κ2) is 7.77. The Kier molecular flexibility index (Phi) is 5.96. The number of nitrogens with zero attached hydrogens (tertiary/aromatic N) is 3. The maximum absolute atomic E-state index is 13.1. The molecule has 0 bridgehead atoms. The molecular formula is C17H22ClFN4O. The molecule has 0 saturated carbocycles. The maximum atomic E-state index is 13.1. The number of amides is 1. The fourth-order valence-corrected chi connectivity index (χ4v) is 2.99. The molecule has 0 atom stereocenters. The van der Waals surface area contributed by atoms with Crippen LogP contribution in [0.5, 0.6) is 0 Å². The van der Waals surface area contributed by atoms with Gasteiger partial charge in [-0.3, -0.25) is 4.79 Å². The molecule has 1 aliphatic rings. The van der Waals surface area contributed by atoms with Crippen molar-refractivity contribution in [2.24, 2.45) is 0 Å². The van der Waals surface area contributed by atoms with Crippen molar-refractivity contribution in [1.29, 1.82) is 0 Å². The van der Waals surface area contributed by atoms with Crippen molar-refractivity contribution in [3.8, 4) is 5.69 Å². The third-order valence-corrected chi connectivity index (χ3v) is 4.20.